The van der Waals surface area contributed by atoms with E-state index < -0.39 is 10.0 Å². The first-order valence-electron chi connectivity index (χ1n) is 13.0. The molecule has 0 spiro atoms. The number of hydrogen-bond donors (Lipinski definition) is 0. The van der Waals surface area contributed by atoms with Gasteiger partial charge in [-0.1, -0.05) is 23.7 Å². The summed E-state index contributed by atoms with van der Waals surface area (Å²) < 4.78 is 35.5. The van der Waals surface area contributed by atoms with Crippen molar-refractivity contribution in [1.29, 1.82) is 0 Å². The molecule has 1 fully saturated rings. The minimum absolute atomic E-state index is 0.149. The van der Waals surface area contributed by atoms with E-state index >= 15 is 0 Å². The summed E-state index contributed by atoms with van der Waals surface area (Å²) in [4.78, 5) is 21.1. The standard InChI is InChI=1S/C29H31ClN4O4S/c1-4-38-24-13-11-23(12-14-24)34-28(31-27-8-6-5-7-26(27)29(34)35)21(3)32-17-18-33(20(2)19-32)39(36,37)25-15-9-22(30)10-16-25/h5-16,20-21H,4,17-19H2,1-3H3/t20-,21-/m1/s1. The summed E-state index contributed by atoms with van der Waals surface area (Å²) in [5, 5.41) is 1.02. The third kappa shape index (κ3) is 5.32. The van der Waals surface area contributed by atoms with Crippen LogP contribution in [0, 0.1) is 0 Å². The van der Waals surface area contributed by atoms with Gasteiger partial charge in [-0.15, -0.1) is 0 Å². The number of hydrogen-bond acceptors (Lipinski definition) is 6. The lowest BCUT2D eigenvalue weighted by Crippen LogP contribution is -2.54. The van der Waals surface area contributed by atoms with Gasteiger partial charge in [0, 0.05) is 30.7 Å². The Bertz CT molecular complexity index is 1640. The van der Waals surface area contributed by atoms with Gasteiger partial charge in [-0.05, 0) is 81.4 Å². The van der Waals surface area contributed by atoms with Crippen LogP contribution >= 0.6 is 11.6 Å². The van der Waals surface area contributed by atoms with Crippen molar-refractivity contribution >= 4 is 32.5 Å². The number of piperazine rings is 1. The number of ether oxygens (including phenoxy) is 1. The van der Waals surface area contributed by atoms with Gasteiger partial charge >= 0.3 is 0 Å². The molecule has 0 aliphatic carbocycles. The molecule has 5 rings (SSSR count). The van der Waals surface area contributed by atoms with Crippen LogP contribution in [0.15, 0.2) is 82.5 Å². The highest BCUT2D eigenvalue weighted by Gasteiger charge is 2.36. The number of aromatic nitrogens is 2. The summed E-state index contributed by atoms with van der Waals surface area (Å²) in [6, 6.07) is 20.4. The van der Waals surface area contributed by atoms with Crippen molar-refractivity contribution in [1.82, 2.24) is 18.8 Å². The lowest BCUT2D eigenvalue weighted by Gasteiger charge is -2.41. The van der Waals surface area contributed by atoms with Crippen molar-refractivity contribution < 1.29 is 13.2 Å². The molecule has 1 aliphatic heterocycles. The summed E-state index contributed by atoms with van der Waals surface area (Å²) in [5.74, 6) is 1.33. The van der Waals surface area contributed by atoms with Crippen molar-refractivity contribution in [3.05, 3.63) is 94.0 Å². The zero-order valence-corrected chi connectivity index (χ0v) is 23.7. The minimum Gasteiger partial charge on any atom is -0.494 e. The molecule has 0 radical (unpaired) electrons. The maximum Gasteiger partial charge on any atom is 0.266 e. The van der Waals surface area contributed by atoms with Crippen LogP contribution in [0.4, 0.5) is 0 Å². The predicted octanol–water partition coefficient (Wildman–Crippen LogP) is 4.89. The first-order chi connectivity index (χ1) is 18.7. The van der Waals surface area contributed by atoms with Gasteiger partial charge in [-0.3, -0.25) is 14.3 Å². The Morgan fingerprint density at radius 1 is 1.03 bits per heavy atom. The number of para-hydroxylation sites is 1. The average molecular weight is 567 g/mol. The fourth-order valence-electron chi connectivity index (χ4n) is 5.12. The number of fused-ring (bicyclic) bond motifs is 1. The van der Waals surface area contributed by atoms with Gasteiger partial charge in [0.1, 0.15) is 11.6 Å². The average Bonchev–Trinajstić information content (AvgIpc) is 2.93. The third-order valence-electron chi connectivity index (χ3n) is 7.15. The molecule has 0 saturated carbocycles. The van der Waals surface area contributed by atoms with E-state index in [0.29, 0.717) is 53.7 Å². The molecule has 39 heavy (non-hydrogen) atoms. The van der Waals surface area contributed by atoms with Crippen LogP contribution in [0.5, 0.6) is 5.75 Å². The molecule has 3 aromatic carbocycles. The molecule has 0 amide bonds. The van der Waals surface area contributed by atoms with Crippen LogP contribution in [-0.2, 0) is 10.0 Å². The molecule has 0 N–H and O–H groups in total. The molecule has 4 aromatic rings. The molecule has 1 aromatic heterocycles. The van der Waals surface area contributed by atoms with E-state index in [-0.39, 0.29) is 22.5 Å². The molecule has 0 bridgehead atoms. The molecule has 1 saturated heterocycles. The maximum absolute atomic E-state index is 13.8. The molecule has 0 unspecified atom stereocenters. The summed E-state index contributed by atoms with van der Waals surface area (Å²) >= 11 is 5.96. The predicted molar refractivity (Wildman–Crippen MR) is 153 cm³/mol. The Morgan fingerprint density at radius 3 is 2.38 bits per heavy atom. The van der Waals surface area contributed by atoms with E-state index in [1.807, 2.05) is 63.2 Å². The highest BCUT2D eigenvalue weighted by atomic mass is 35.5. The molecular formula is C29H31ClN4O4S. The number of benzene rings is 3. The summed E-state index contributed by atoms with van der Waals surface area (Å²) in [5.41, 5.74) is 1.17. The van der Waals surface area contributed by atoms with Gasteiger partial charge in [0.15, 0.2) is 0 Å². The third-order valence-corrected chi connectivity index (χ3v) is 9.43. The van der Waals surface area contributed by atoms with Gasteiger partial charge in [0.05, 0.1) is 34.1 Å². The van der Waals surface area contributed by atoms with Gasteiger partial charge in [0.25, 0.3) is 5.56 Å². The van der Waals surface area contributed by atoms with Crippen LogP contribution < -0.4 is 10.3 Å². The molecule has 2 atom stereocenters. The zero-order valence-electron chi connectivity index (χ0n) is 22.1. The van der Waals surface area contributed by atoms with Crippen molar-refractivity contribution in [2.24, 2.45) is 0 Å². The maximum atomic E-state index is 13.8. The Morgan fingerprint density at radius 2 is 1.72 bits per heavy atom. The first-order valence-corrected chi connectivity index (χ1v) is 14.8. The Hall–Kier alpha value is -3.24. The SMILES string of the molecule is CCOc1ccc(-n2c([C@@H](C)N3CCN(S(=O)(=O)c4ccc(Cl)cc4)[C@H](C)C3)nc3ccccc3c2=O)cc1. The topological polar surface area (TPSA) is 84.7 Å². The smallest absolute Gasteiger partial charge is 0.266 e. The van der Waals surface area contributed by atoms with Gasteiger partial charge in [-0.2, -0.15) is 4.31 Å². The van der Waals surface area contributed by atoms with Crippen LogP contribution in [0.3, 0.4) is 0 Å². The second kappa shape index (κ2) is 11.1. The van der Waals surface area contributed by atoms with Crippen molar-refractivity contribution in [3.63, 3.8) is 0 Å². The monoisotopic (exact) mass is 566 g/mol. The number of halogens is 1. The van der Waals surface area contributed by atoms with Gasteiger partial charge < -0.3 is 4.74 Å². The van der Waals surface area contributed by atoms with E-state index in [1.165, 1.54) is 16.4 Å². The quantitative estimate of drug-likeness (QED) is 0.316. The largest absolute Gasteiger partial charge is 0.494 e. The van der Waals surface area contributed by atoms with E-state index in [1.54, 1.807) is 22.8 Å². The van der Waals surface area contributed by atoms with Crippen LogP contribution in [0.2, 0.25) is 5.02 Å². The number of rotatable bonds is 7. The first kappa shape index (κ1) is 27.3. The highest BCUT2D eigenvalue weighted by molar-refractivity contribution is 7.89. The fourth-order valence-corrected chi connectivity index (χ4v) is 6.86. The van der Waals surface area contributed by atoms with Crippen LogP contribution in [0.1, 0.15) is 32.6 Å². The Balaban J connectivity index is 1.48. The molecular weight excluding hydrogens is 536 g/mol. The molecule has 10 heteroatoms. The zero-order chi connectivity index (χ0) is 27.7. The summed E-state index contributed by atoms with van der Waals surface area (Å²) in [6.07, 6.45) is 0. The van der Waals surface area contributed by atoms with Crippen LogP contribution in [0.25, 0.3) is 16.6 Å². The van der Waals surface area contributed by atoms with Crippen molar-refractivity contribution in [3.8, 4) is 11.4 Å². The second-order valence-corrected chi connectivity index (χ2v) is 12.0. The fraction of sp³-hybridized carbons (Fsp3) is 0.310. The minimum atomic E-state index is -3.67. The lowest BCUT2D eigenvalue weighted by atomic mass is 10.1. The van der Waals surface area contributed by atoms with E-state index in [4.69, 9.17) is 21.3 Å². The summed E-state index contributed by atoms with van der Waals surface area (Å²) in [7, 11) is -3.67. The Kier molecular flexibility index (Phi) is 7.77. The number of sulfonamides is 1. The van der Waals surface area contributed by atoms with Crippen molar-refractivity contribution in [2.75, 3.05) is 26.2 Å². The van der Waals surface area contributed by atoms with Crippen LogP contribution in [-0.4, -0.2) is 59.5 Å². The van der Waals surface area contributed by atoms with Gasteiger partial charge in [0.2, 0.25) is 10.0 Å². The normalized spacial score (nSPS) is 17.8. The van der Waals surface area contributed by atoms with Gasteiger partial charge in [-0.25, -0.2) is 13.4 Å². The number of nitrogens with zero attached hydrogens (tertiary/aromatic N) is 4. The van der Waals surface area contributed by atoms with Crippen molar-refractivity contribution in [2.45, 2.75) is 37.8 Å². The highest BCUT2D eigenvalue weighted by Crippen LogP contribution is 2.29. The van der Waals surface area contributed by atoms with E-state index in [0.717, 1.165) is 5.75 Å². The Labute approximate surface area is 233 Å². The molecule has 1 aliphatic rings. The lowest BCUT2D eigenvalue weighted by molar-refractivity contribution is 0.104. The summed E-state index contributed by atoms with van der Waals surface area (Å²) in [6.45, 7) is 7.68. The molecule has 2 heterocycles. The molecule has 8 nitrogen and oxygen atoms in total. The van der Waals surface area contributed by atoms with E-state index in [9.17, 15) is 13.2 Å². The second-order valence-electron chi connectivity index (χ2n) is 9.64. The van der Waals surface area contributed by atoms with E-state index in [2.05, 4.69) is 4.90 Å². The molecule has 204 valence electrons.